The zero-order valence-electron chi connectivity index (χ0n) is 13.9. The SMILES string of the molecule is CC(C)C(=O)c1ccc(OCC(=O)NC2CCCCC2)c(N)c1. The normalized spacial score (nSPS) is 15.4. The van der Waals surface area contributed by atoms with Crippen molar-refractivity contribution >= 4 is 17.4 Å². The van der Waals surface area contributed by atoms with Crippen LogP contribution in [0.15, 0.2) is 18.2 Å². The average Bonchev–Trinajstić information content (AvgIpc) is 2.53. The van der Waals surface area contributed by atoms with Crippen LogP contribution >= 0.6 is 0 Å². The maximum absolute atomic E-state index is 11.9. The largest absolute Gasteiger partial charge is 0.482 e. The second kappa shape index (κ2) is 7.99. The fraction of sp³-hybridized carbons (Fsp3) is 0.556. The van der Waals surface area contributed by atoms with Gasteiger partial charge in [0.15, 0.2) is 12.4 Å². The summed E-state index contributed by atoms with van der Waals surface area (Å²) >= 11 is 0. The van der Waals surface area contributed by atoms with Gasteiger partial charge in [-0.3, -0.25) is 9.59 Å². The fourth-order valence-corrected chi connectivity index (χ4v) is 2.83. The first-order valence-corrected chi connectivity index (χ1v) is 8.33. The van der Waals surface area contributed by atoms with Crippen LogP contribution in [0.5, 0.6) is 5.75 Å². The van der Waals surface area contributed by atoms with E-state index in [2.05, 4.69) is 5.32 Å². The van der Waals surface area contributed by atoms with Crippen molar-refractivity contribution < 1.29 is 14.3 Å². The summed E-state index contributed by atoms with van der Waals surface area (Å²) in [7, 11) is 0. The first-order chi connectivity index (χ1) is 11.0. The Morgan fingerprint density at radius 2 is 1.96 bits per heavy atom. The van der Waals surface area contributed by atoms with Crippen LogP contribution in [0, 0.1) is 5.92 Å². The molecule has 1 aromatic carbocycles. The van der Waals surface area contributed by atoms with E-state index >= 15 is 0 Å². The van der Waals surface area contributed by atoms with E-state index in [-0.39, 0.29) is 30.3 Å². The molecule has 0 heterocycles. The number of ether oxygens (including phenoxy) is 1. The molecule has 1 amide bonds. The van der Waals surface area contributed by atoms with Crippen molar-refractivity contribution in [1.29, 1.82) is 0 Å². The summed E-state index contributed by atoms with van der Waals surface area (Å²) in [5.74, 6) is 0.267. The van der Waals surface area contributed by atoms with Crippen LogP contribution in [0.25, 0.3) is 0 Å². The number of carbonyl (C=O) groups excluding carboxylic acids is 2. The fourth-order valence-electron chi connectivity index (χ4n) is 2.83. The molecule has 1 fully saturated rings. The van der Waals surface area contributed by atoms with Gasteiger partial charge in [-0.15, -0.1) is 0 Å². The van der Waals surface area contributed by atoms with E-state index in [1.54, 1.807) is 18.2 Å². The molecule has 0 aliphatic heterocycles. The summed E-state index contributed by atoms with van der Waals surface area (Å²) < 4.78 is 5.49. The van der Waals surface area contributed by atoms with E-state index in [1.807, 2.05) is 13.8 Å². The third kappa shape index (κ3) is 4.98. The summed E-state index contributed by atoms with van der Waals surface area (Å²) in [4.78, 5) is 23.9. The zero-order chi connectivity index (χ0) is 16.8. The zero-order valence-corrected chi connectivity index (χ0v) is 13.9. The van der Waals surface area contributed by atoms with Gasteiger partial charge in [0, 0.05) is 17.5 Å². The lowest BCUT2D eigenvalue weighted by Gasteiger charge is -2.22. The summed E-state index contributed by atoms with van der Waals surface area (Å²) in [6.07, 6.45) is 5.68. The number of nitrogens with two attached hydrogens (primary N) is 1. The summed E-state index contributed by atoms with van der Waals surface area (Å²) in [5.41, 5.74) is 6.86. The first kappa shape index (κ1) is 17.3. The molecule has 0 unspecified atom stereocenters. The minimum absolute atomic E-state index is 0.0401. The highest BCUT2D eigenvalue weighted by Crippen LogP contribution is 2.24. The Morgan fingerprint density at radius 3 is 2.57 bits per heavy atom. The highest BCUT2D eigenvalue weighted by Gasteiger charge is 2.17. The Bertz CT molecular complexity index is 563. The Labute approximate surface area is 137 Å². The molecule has 1 saturated carbocycles. The lowest BCUT2D eigenvalue weighted by molar-refractivity contribution is -0.124. The van der Waals surface area contributed by atoms with E-state index < -0.39 is 0 Å². The molecule has 0 bridgehead atoms. The molecule has 1 aliphatic rings. The van der Waals surface area contributed by atoms with Crippen LogP contribution in [-0.2, 0) is 4.79 Å². The van der Waals surface area contributed by atoms with Crippen LogP contribution in [0.1, 0.15) is 56.3 Å². The van der Waals surface area contributed by atoms with Gasteiger partial charge in [-0.05, 0) is 31.0 Å². The van der Waals surface area contributed by atoms with Crippen molar-refractivity contribution in [3.8, 4) is 5.75 Å². The third-order valence-corrected chi connectivity index (χ3v) is 4.15. The molecule has 1 aromatic rings. The van der Waals surface area contributed by atoms with E-state index in [9.17, 15) is 9.59 Å². The predicted octanol–water partition coefficient (Wildman–Crippen LogP) is 2.94. The lowest BCUT2D eigenvalue weighted by atomic mass is 9.95. The number of nitrogen functional groups attached to an aromatic ring is 1. The van der Waals surface area contributed by atoms with Crippen molar-refractivity contribution in [2.45, 2.75) is 52.0 Å². The van der Waals surface area contributed by atoms with Gasteiger partial charge in [0.25, 0.3) is 5.91 Å². The molecular weight excluding hydrogens is 292 g/mol. The summed E-state index contributed by atoms with van der Waals surface area (Å²) in [6.45, 7) is 3.63. The molecular formula is C18H26N2O3. The molecule has 5 nitrogen and oxygen atoms in total. The maximum atomic E-state index is 11.9. The summed E-state index contributed by atoms with van der Waals surface area (Å²) in [6, 6.07) is 5.21. The van der Waals surface area contributed by atoms with Gasteiger partial charge >= 0.3 is 0 Å². The van der Waals surface area contributed by atoms with Gasteiger partial charge in [0.1, 0.15) is 5.75 Å². The molecule has 3 N–H and O–H groups in total. The van der Waals surface area contributed by atoms with Crippen molar-refractivity contribution in [3.63, 3.8) is 0 Å². The average molecular weight is 318 g/mol. The molecule has 2 rings (SSSR count). The molecule has 0 aromatic heterocycles. The highest BCUT2D eigenvalue weighted by atomic mass is 16.5. The van der Waals surface area contributed by atoms with Crippen molar-refractivity contribution in [2.24, 2.45) is 5.92 Å². The standard InChI is InChI=1S/C18H26N2O3/c1-12(2)18(22)13-8-9-16(15(19)10-13)23-11-17(21)20-14-6-4-3-5-7-14/h8-10,12,14H,3-7,11,19H2,1-2H3,(H,20,21). The smallest absolute Gasteiger partial charge is 0.258 e. The Balaban J connectivity index is 1.87. The van der Waals surface area contributed by atoms with Gasteiger partial charge in [0.2, 0.25) is 0 Å². The molecule has 0 saturated heterocycles. The highest BCUT2D eigenvalue weighted by molar-refractivity contribution is 5.98. The monoisotopic (exact) mass is 318 g/mol. The number of hydrogen-bond acceptors (Lipinski definition) is 4. The first-order valence-electron chi connectivity index (χ1n) is 8.33. The van der Waals surface area contributed by atoms with Gasteiger partial charge in [-0.2, -0.15) is 0 Å². The van der Waals surface area contributed by atoms with E-state index in [0.717, 1.165) is 12.8 Å². The van der Waals surface area contributed by atoms with Gasteiger partial charge in [-0.25, -0.2) is 0 Å². The van der Waals surface area contributed by atoms with Crippen LogP contribution in [0.4, 0.5) is 5.69 Å². The summed E-state index contributed by atoms with van der Waals surface area (Å²) in [5, 5.41) is 2.99. The lowest BCUT2D eigenvalue weighted by Crippen LogP contribution is -2.39. The Morgan fingerprint density at radius 1 is 1.26 bits per heavy atom. The number of carbonyl (C=O) groups is 2. The molecule has 23 heavy (non-hydrogen) atoms. The Hall–Kier alpha value is -2.04. The van der Waals surface area contributed by atoms with Crippen LogP contribution in [-0.4, -0.2) is 24.3 Å². The molecule has 0 radical (unpaired) electrons. The third-order valence-electron chi connectivity index (χ3n) is 4.15. The number of ketones is 1. The molecule has 1 aliphatic carbocycles. The molecule has 0 atom stereocenters. The van der Waals surface area contributed by atoms with E-state index in [4.69, 9.17) is 10.5 Å². The number of hydrogen-bond donors (Lipinski definition) is 2. The minimum atomic E-state index is -0.126. The predicted molar refractivity (Wildman–Crippen MR) is 90.5 cm³/mol. The van der Waals surface area contributed by atoms with Crippen molar-refractivity contribution in [2.75, 3.05) is 12.3 Å². The van der Waals surface area contributed by atoms with Crippen LogP contribution in [0.2, 0.25) is 0 Å². The van der Waals surface area contributed by atoms with Gasteiger partial charge < -0.3 is 15.8 Å². The van der Waals surface area contributed by atoms with Crippen LogP contribution in [0.3, 0.4) is 0 Å². The maximum Gasteiger partial charge on any atom is 0.258 e. The van der Waals surface area contributed by atoms with Gasteiger partial charge in [0.05, 0.1) is 5.69 Å². The number of anilines is 1. The Kier molecular flexibility index (Phi) is 6.02. The topological polar surface area (TPSA) is 81.4 Å². The minimum Gasteiger partial charge on any atom is -0.482 e. The number of Topliss-reactive ketones (excluding diaryl/α,β-unsaturated/α-hetero) is 1. The van der Waals surface area contributed by atoms with Crippen molar-refractivity contribution in [1.82, 2.24) is 5.32 Å². The number of rotatable bonds is 6. The number of nitrogens with one attached hydrogen (secondary N) is 1. The number of amides is 1. The molecule has 0 spiro atoms. The number of benzene rings is 1. The molecule has 126 valence electrons. The van der Waals surface area contributed by atoms with E-state index in [0.29, 0.717) is 17.0 Å². The molecule has 5 heteroatoms. The second-order valence-electron chi connectivity index (χ2n) is 6.46. The van der Waals surface area contributed by atoms with Gasteiger partial charge in [-0.1, -0.05) is 33.1 Å². The van der Waals surface area contributed by atoms with Crippen LogP contribution < -0.4 is 15.8 Å². The quantitative estimate of drug-likeness (QED) is 0.624. The second-order valence-corrected chi connectivity index (χ2v) is 6.46. The van der Waals surface area contributed by atoms with Crippen molar-refractivity contribution in [3.05, 3.63) is 23.8 Å². The van der Waals surface area contributed by atoms with E-state index in [1.165, 1.54) is 19.3 Å².